The van der Waals surface area contributed by atoms with Crippen molar-refractivity contribution in [3.05, 3.63) is 35.4 Å². The second kappa shape index (κ2) is 6.21. The molecule has 1 aliphatic carbocycles. The summed E-state index contributed by atoms with van der Waals surface area (Å²) in [5.74, 6) is -0.942. The van der Waals surface area contributed by atoms with Crippen molar-refractivity contribution in [2.24, 2.45) is 11.3 Å². The van der Waals surface area contributed by atoms with Crippen LogP contribution < -0.4 is 5.32 Å². The van der Waals surface area contributed by atoms with E-state index in [0.29, 0.717) is 17.4 Å². The predicted octanol–water partition coefficient (Wildman–Crippen LogP) is 4.31. The topological polar surface area (TPSA) is 12.0 Å². The first kappa shape index (κ1) is 15.4. The molecule has 0 heterocycles. The van der Waals surface area contributed by atoms with Crippen molar-refractivity contribution in [2.75, 3.05) is 7.05 Å². The second-order valence-electron chi connectivity index (χ2n) is 6.69. The Hall–Kier alpha value is -0.960. The van der Waals surface area contributed by atoms with Crippen LogP contribution in [0.25, 0.3) is 0 Å². The third kappa shape index (κ3) is 3.38. The molecule has 2 atom stereocenters. The van der Waals surface area contributed by atoms with Crippen molar-refractivity contribution < 1.29 is 8.78 Å². The van der Waals surface area contributed by atoms with Crippen LogP contribution in [0.1, 0.15) is 45.1 Å². The summed E-state index contributed by atoms with van der Waals surface area (Å²) in [5, 5.41) is 3.39. The van der Waals surface area contributed by atoms with E-state index in [0.717, 1.165) is 12.0 Å². The Balaban J connectivity index is 2.13. The molecule has 1 nitrogen and oxygen atoms in total. The molecule has 3 heteroatoms. The molecular weight excluding hydrogens is 256 g/mol. The van der Waals surface area contributed by atoms with Crippen molar-refractivity contribution in [3.63, 3.8) is 0 Å². The van der Waals surface area contributed by atoms with Crippen molar-refractivity contribution in [2.45, 2.75) is 52.0 Å². The summed E-state index contributed by atoms with van der Waals surface area (Å²) < 4.78 is 26.3. The van der Waals surface area contributed by atoms with Crippen LogP contribution in [0.5, 0.6) is 0 Å². The van der Waals surface area contributed by atoms with Gasteiger partial charge in [-0.25, -0.2) is 8.78 Å². The summed E-state index contributed by atoms with van der Waals surface area (Å²) in [6, 6.07) is 4.56. The quantitative estimate of drug-likeness (QED) is 0.867. The second-order valence-corrected chi connectivity index (χ2v) is 6.69. The molecule has 112 valence electrons. The molecule has 0 radical (unpaired) electrons. The number of benzene rings is 1. The van der Waals surface area contributed by atoms with Crippen LogP contribution in [0.15, 0.2) is 18.2 Å². The van der Waals surface area contributed by atoms with Gasteiger partial charge in [-0.05, 0) is 55.3 Å². The van der Waals surface area contributed by atoms with Gasteiger partial charge in [-0.2, -0.15) is 0 Å². The molecule has 0 aromatic heterocycles. The molecule has 1 fully saturated rings. The zero-order valence-corrected chi connectivity index (χ0v) is 12.7. The smallest absolute Gasteiger partial charge is 0.159 e. The average molecular weight is 281 g/mol. The van der Waals surface area contributed by atoms with E-state index in [2.05, 4.69) is 19.2 Å². The van der Waals surface area contributed by atoms with Crippen LogP contribution in [0.2, 0.25) is 0 Å². The summed E-state index contributed by atoms with van der Waals surface area (Å²) in [6.45, 7) is 4.65. The highest BCUT2D eigenvalue weighted by Crippen LogP contribution is 2.42. The lowest BCUT2D eigenvalue weighted by Crippen LogP contribution is -2.44. The highest BCUT2D eigenvalue weighted by atomic mass is 19.2. The summed E-state index contributed by atoms with van der Waals surface area (Å²) in [5.41, 5.74) is 1.18. The molecule has 1 aromatic rings. The summed E-state index contributed by atoms with van der Waals surface area (Å²) >= 11 is 0. The van der Waals surface area contributed by atoms with Gasteiger partial charge < -0.3 is 5.32 Å². The van der Waals surface area contributed by atoms with E-state index in [1.165, 1.54) is 37.8 Å². The maximum absolute atomic E-state index is 13.3. The summed E-state index contributed by atoms with van der Waals surface area (Å²) in [6.07, 6.45) is 5.77. The number of likely N-dealkylation sites (N-methyl/N-ethyl adjacent to an activating group) is 1. The minimum Gasteiger partial charge on any atom is -0.316 e. The van der Waals surface area contributed by atoms with E-state index in [9.17, 15) is 8.78 Å². The van der Waals surface area contributed by atoms with Gasteiger partial charge in [0.1, 0.15) is 0 Å². The van der Waals surface area contributed by atoms with Crippen LogP contribution in [0.4, 0.5) is 8.78 Å². The number of nitrogens with one attached hydrogen (secondary N) is 1. The Morgan fingerprint density at radius 1 is 1.25 bits per heavy atom. The highest BCUT2D eigenvalue weighted by molar-refractivity contribution is 5.19. The van der Waals surface area contributed by atoms with E-state index >= 15 is 0 Å². The lowest BCUT2D eigenvalue weighted by atomic mass is 9.65. The number of rotatable bonds is 4. The number of hydrogen-bond donors (Lipinski definition) is 1. The Labute approximate surface area is 120 Å². The molecule has 1 aromatic carbocycles. The van der Waals surface area contributed by atoms with E-state index in [1.54, 1.807) is 6.07 Å². The summed E-state index contributed by atoms with van der Waals surface area (Å²) in [4.78, 5) is 0. The molecule has 20 heavy (non-hydrogen) atoms. The minimum atomic E-state index is -0.771. The maximum Gasteiger partial charge on any atom is 0.159 e. The lowest BCUT2D eigenvalue weighted by Gasteiger charge is -2.43. The fraction of sp³-hybridized carbons (Fsp3) is 0.647. The molecule has 0 aliphatic heterocycles. The first-order chi connectivity index (χ1) is 9.44. The molecule has 0 amide bonds. The monoisotopic (exact) mass is 281 g/mol. The standard InChI is InChI=1S/C17H25F2N/c1-17(2)9-5-4-6-13(17)16(20-3)11-12-7-8-14(18)15(19)10-12/h7-8,10,13,16,20H,4-6,9,11H2,1-3H3. The number of halogens is 2. The largest absolute Gasteiger partial charge is 0.316 e. The summed E-state index contributed by atoms with van der Waals surface area (Å²) in [7, 11) is 1.97. The van der Waals surface area contributed by atoms with Gasteiger partial charge in [0.05, 0.1) is 0 Å². The van der Waals surface area contributed by atoms with Gasteiger partial charge in [-0.1, -0.05) is 32.8 Å². The van der Waals surface area contributed by atoms with Crippen LogP contribution in [-0.4, -0.2) is 13.1 Å². The molecule has 0 bridgehead atoms. The first-order valence-corrected chi connectivity index (χ1v) is 7.55. The molecule has 0 saturated heterocycles. The van der Waals surface area contributed by atoms with Gasteiger partial charge >= 0.3 is 0 Å². The number of hydrogen-bond acceptors (Lipinski definition) is 1. The minimum absolute atomic E-state index is 0.310. The molecule has 0 spiro atoms. The molecule has 1 N–H and O–H groups in total. The van der Waals surface area contributed by atoms with E-state index in [4.69, 9.17) is 0 Å². The van der Waals surface area contributed by atoms with E-state index in [-0.39, 0.29) is 0 Å². The molecule has 1 aliphatic rings. The van der Waals surface area contributed by atoms with E-state index in [1.807, 2.05) is 7.05 Å². The first-order valence-electron chi connectivity index (χ1n) is 7.55. The van der Waals surface area contributed by atoms with Gasteiger partial charge in [-0.15, -0.1) is 0 Å². The van der Waals surface area contributed by atoms with Crippen molar-refractivity contribution in [1.82, 2.24) is 5.32 Å². The fourth-order valence-electron chi connectivity index (χ4n) is 3.63. The normalized spacial score (nSPS) is 23.6. The van der Waals surface area contributed by atoms with Crippen molar-refractivity contribution in [3.8, 4) is 0 Å². The lowest BCUT2D eigenvalue weighted by molar-refractivity contribution is 0.101. The molecule has 2 unspecified atom stereocenters. The average Bonchev–Trinajstić information content (AvgIpc) is 2.40. The van der Waals surface area contributed by atoms with E-state index < -0.39 is 11.6 Å². The highest BCUT2D eigenvalue weighted by Gasteiger charge is 2.36. The van der Waals surface area contributed by atoms with Crippen LogP contribution in [0, 0.1) is 23.0 Å². The van der Waals surface area contributed by atoms with Crippen molar-refractivity contribution in [1.29, 1.82) is 0 Å². The Kier molecular flexibility index (Phi) is 4.79. The van der Waals surface area contributed by atoms with Gasteiger partial charge in [-0.3, -0.25) is 0 Å². The van der Waals surface area contributed by atoms with Gasteiger partial charge in [0, 0.05) is 6.04 Å². The van der Waals surface area contributed by atoms with Crippen LogP contribution in [-0.2, 0) is 6.42 Å². The zero-order chi connectivity index (χ0) is 14.8. The Morgan fingerprint density at radius 2 is 2.00 bits per heavy atom. The fourth-order valence-corrected chi connectivity index (χ4v) is 3.63. The van der Waals surface area contributed by atoms with Crippen molar-refractivity contribution >= 4 is 0 Å². The van der Waals surface area contributed by atoms with Gasteiger partial charge in [0.15, 0.2) is 11.6 Å². The van der Waals surface area contributed by atoms with Gasteiger partial charge in [0.25, 0.3) is 0 Å². The molecule has 1 saturated carbocycles. The maximum atomic E-state index is 13.3. The predicted molar refractivity (Wildman–Crippen MR) is 78.6 cm³/mol. The van der Waals surface area contributed by atoms with Gasteiger partial charge in [0.2, 0.25) is 0 Å². The van der Waals surface area contributed by atoms with Crippen LogP contribution in [0.3, 0.4) is 0 Å². The van der Waals surface area contributed by atoms with Crippen LogP contribution >= 0.6 is 0 Å². The Morgan fingerprint density at radius 3 is 2.60 bits per heavy atom. The third-order valence-corrected chi connectivity index (χ3v) is 4.89. The molecular formula is C17H25F2N. The third-order valence-electron chi connectivity index (χ3n) is 4.89. The Bertz CT molecular complexity index is 456. The zero-order valence-electron chi connectivity index (χ0n) is 12.7. The SMILES string of the molecule is CNC(Cc1ccc(F)c(F)c1)C1CCCCC1(C)C. The molecule has 2 rings (SSSR count).